The smallest absolute Gasteiger partial charge is 0.160 e. The van der Waals surface area contributed by atoms with Gasteiger partial charge in [-0.15, -0.1) is 0 Å². The number of nitrogens with zero attached hydrogens (tertiary/aromatic N) is 3. The second-order valence-corrected chi connectivity index (χ2v) is 15.2. The molecule has 1 spiro atoms. The maximum Gasteiger partial charge on any atom is 0.160 e. The van der Waals surface area contributed by atoms with Crippen molar-refractivity contribution in [1.82, 2.24) is 15.0 Å². The van der Waals surface area contributed by atoms with E-state index in [1.165, 1.54) is 38.9 Å². The molecular weight excluding hydrogens is 707 g/mol. The Morgan fingerprint density at radius 2 is 0.966 bits per heavy atom. The molecule has 0 bridgehead atoms. The maximum absolute atomic E-state index is 6.69. The summed E-state index contributed by atoms with van der Waals surface area (Å²) in [4.78, 5) is 15.6. The molecule has 2 aromatic heterocycles. The Balaban J connectivity index is 1.16. The normalized spacial score (nSPS) is 12.9. The number of pyridine rings is 1. The lowest BCUT2D eigenvalue weighted by atomic mass is 9.65. The number of hydrogen-bond acceptors (Lipinski definition) is 4. The van der Waals surface area contributed by atoms with E-state index in [0.717, 1.165) is 67.5 Å². The number of para-hydroxylation sites is 2. The Labute approximate surface area is 338 Å². The molecule has 0 radical (unpaired) electrons. The average Bonchev–Trinajstić information content (AvgIpc) is 3.57. The molecule has 4 heteroatoms. The van der Waals surface area contributed by atoms with Gasteiger partial charge in [-0.05, 0) is 101 Å². The molecule has 0 saturated heterocycles. The summed E-state index contributed by atoms with van der Waals surface area (Å²) in [5.74, 6) is 2.37. The van der Waals surface area contributed by atoms with E-state index in [9.17, 15) is 0 Å². The monoisotopic (exact) mass is 743 g/mol. The van der Waals surface area contributed by atoms with Crippen molar-refractivity contribution in [1.29, 1.82) is 0 Å². The van der Waals surface area contributed by atoms with Crippen LogP contribution in [0.4, 0.5) is 0 Å². The third-order valence-electron chi connectivity index (χ3n) is 12.0. The standard InChI is InChI=1S/C54H37N3O/c1-34-28-29-55-52(35(34)2)40-24-26-42-43-27-25-41(32-47(43)54(46(42)31-40)44-20-9-11-22-50(44)58-51-23-12-10-21-45(51)54)53-56-48(37-16-7-4-8-17-37)33-49(57-53)39-19-13-18-38(30-39)36-14-5-3-6-15-36/h3-33H,1-2H3. The highest BCUT2D eigenvalue weighted by Gasteiger charge is 2.51. The summed E-state index contributed by atoms with van der Waals surface area (Å²) >= 11 is 0. The molecule has 0 unspecified atom stereocenters. The van der Waals surface area contributed by atoms with Gasteiger partial charge in [0.1, 0.15) is 11.5 Å². The van der Waals surface area contributed by atoms with Crippen molar-refractivity contribution in [3.05, 3.63) is 222 Å². The number of hydrogen-bond donors (Lipinski definition) is 0. The van der Waals surface area contributed by atoms with Crippen molar-refractivity contribution in [3.63, 3.8) is 0 Å². The Hall–Kier alpha value is -7.43. The van der Waals surface area contributed by atoms with Gasteiger partial charge in [0.15, 0.2) is 5.82 Å². The number of fused-ring (bicyclic) bond motifs is 9. The van der Waals surface area contributed by atoms with Gasteiger partial charge in [0.05, 0.1) is 22.5 Å². The molecule has 0 fully saturated rings. The molecule has 58 heavy (non-hydrogen) atoms. The van der Waals surface area contributed by atoms with Crippen LogP contribution < -0.4 is 4.74 Å². The lowest BCUT2D eigenvalue weighted by molar-refractivity contribution is 0.436. The minimum absolute atomic E-state index is 0.671. The summed E-state index contributed by atoms with van der Waals surface area (Å²) in [5.41, 5.74) is 17.9. The second-order valence-electron chi connectivity index (χ2n) is 15.2. The lowest BCUT2D eigenvalue weighted by Crippen LogP contribution is -2.32. The fourth-order valence-corrected chi connectivity index (χ4v) is 9.08. The highest BCUT2D eigenvalue weighted by atomic mass is 16.5. The third kappa shape index (κ3) is 5.26. The molecule has 0 N–H and O–H groups in total. The first-order valence-electron chi connectivity index (χ1n) is 19.8. The number of rotatable bonds is 5. The van der Waals surface area contributed by atoms with Gasteiger partial charge >= 0.3 is 0 Å². The first-order chi connectivity index (χ1) is 28.6. The predicted molar refractivity (Wildman–Crippen MR) is 234 cm³/mol. The first-order valence-corrected chi connectivity index (χ1v) is 19.8. The van der Waals surface area contributed by atoms with Gasteiger partial charge in [-0.25, -0.2) is 9.97 Å². The molecule has 0 saturated carbocycles. The van der Waals surface area contributed by atoms with Gasteiger partial charge in [-0.1, -0.05) is 140 Å². The summed E-state index contributed by atoms with van der Waals surface area (Å²) in [6.07, 6.45) is 1.91. The summed E-state index contributed by atoms with van der Waals surface area (Å²) < 4.78 is 6.69. The average molecular weight is 744 g/mol. The molecule has 4 nitrogen and oxygen atoms in total. The zero-order valence-electron chi connectivity index (χ0n) is 32.1. The van der Waals surface area contributed by atoms with E-state index in [1.807, 2.05) is 18.3 Å². The van der Waals surface area contributed by atoms with Gasteiger partial charge < -0.3 is 4.74 Å². The molecule has 9 aromatic rings. The van der Waals surface area contributed by atoms with Crippen LogP contribution in [0.15, 0.2) is 188 Å². The van der Waals surface area contributed by atoms with Crippen LogP contribution in [0, 0.1) is 13.8 Å². The minimum atomic E-state index is -0.677. The number of aryl methyl sites for hydroxylation is 1. The Morgan fingerprint density at radius 1 is 0.414 bits per heavy atom. The van der Waals surface area contributed by atoms with Crippen LogP contribution in [0.1, 0.15) is 33.4 Å². The maximum atomic E-state index is 6.69. The van der Waals surface area contributed by atoms with Crippen LogP contribution >= 0.6 is 0 Å². The van der Waals surface area contributed by atoms with E-state index in [4.69, 9.17) is 19.7 Å². The third-order valence-corrected chi connectivity index (χ3v) is 12.0. The highest BCUT2D eigenvalue weighted by molar-refractivity contribution is 5.92. The predicted octanol–water partition coefficient (Wildman–Crippen LogP) is 13.3. The summed E-state index contributed by atoms with van der Waals surface area (Å²) in [6, 6.07) is 64.4. The minimum Gasteiger partial charge on any atom is -0.457 e. The van der Waals surface area contributed by atoms with Gasteiger partial charge in [0.25, 0.3) is 0 Å². The molecular formula is C54H37N3O. The molecule has 7 aromatic carbocycles. The quantitative estimate of drug-likeness (QED) is 0.176. The SMILES string of the molecule is Cc1ccnc(-c2ccc3c(c2)C2(c4ccccc4Oc4ccccc42)c2cc(-c4nc(-c5ccccc5)cc(-c5cccc(-c6ccccc6)c5)n4)ccc2-3)c1C. The number of aromatic nitrogens is 3. The van der Waals surface area contributed by atoms with Crippen LogP contribution in [0.5, 0.6) is 11.5 Å². The Bertz CT molecular complexity index is 3020. The molecule has 0 atom stereocenters. The van der Waals surface area contributed by atoms with Gasteiger partial charge in [-0.2, -0.15) is 0 Å². The molecule has 0 amide bonds. The van der Waals surface area contributed by atoms with Crippen LogP contribution in [0.25, 0.3) is 67.4 Å². The van der Waals surface area contributed by atoms with Crippen molar-refractivity contribution in [2.75, 3.05) is 0 Å². The van der Waals surface area contributed by atoms with Gasteiger partial charge in [-0.3, -0.25) is 4.98 Å². The largest absolute Gasteiger partial charge is 0.457 e. The zero-order valence-corrected chi connectivity index (χ0v) is 32.1. The fourth-order valence-electron chi connectivity index (χ4n) is 9.08. The second kappa shape index (κ2) is 13.4. The summed E-state index contributed by atoms with van der Waals surface area (Å²) in [6.45, 7) is 4.31. The van der Waals surface area contributed by atoms with E-state index in [-0.39, 0.29) is 0 Å². The zero-order chi connectivity index (χ0) is 38.8. The van der Waals surface area contributed by atoms with Crippen molar-refractivity contribution < 1.29 is 4.74 Å². The fraction of sp³-hybridized carbons (Fsp3) is 0.0556. The Morgan fingerprint density at radius 3 is 1.66 bits per heavy atom. The number of ether oxygens (including phenoxy) is 1. The van der Waals surface area contributed by atoms with E-state index in [1.54, 1.807) is 0 Å². The van der Waals surface area contributed by atoms with E-state index < -0.39 is 5.41 Å². The molecule has 11 rings (SSSR count). The molecule has 2 aliphatic rings. The van der Waals surface area contributed by atoms with E-state index in [2.05, 4.69) is 184 Å². The van der Waals surface area contributed by atoms with E-state index >= 15 is 0 Å². The van der Waals surface area contributed by atoms with Crippen LogP contribution in [-0.4, -0.2) is 15.0 Å². The number of benzene rings is 7. The van der Waals surface area contributed by atoms with Crippen LogP contribution in [0.2, 0.25) is 0 Å². The van der Waals surface area contributed by atoms with Gasteiger partial charge in [0.2, 0.25) is 0 Å². The van der Waals surface area contributed by atoms with Crippen molar-refractivity contribution in [2.45, 2.75) is 19.3 Å². The lowest BCUT2D eigenvalue weighted by Gasteiger charge is -2.39. The molecule has 1 aliphatic carbocycles. The summed E-state index contributed by atoms with van der Waals surface area (Å²) in [5, 5.41) is 0. The van der Waals surface area contributed by atoms with Crippen molar-refractivity contribution in [3.8, 4) is 78.9 Å². The Kier molecular flexibility index (Phi) is 7.80. The van der Waals surface area contributed by atoms with Crippen LogP contribution in [0.3, 0.4) is 0 Å². The van der Waals surface area contributed by atoms with Crippen molar-refractivity contribution >= 4 is 0 Å². The van der Waals surface area contributed by atoms with Crippen molar-refractivity contribution in [2.24, 2.45) is 0 Å². The van der Waals surface area contributed by atoms with Crippen LogP contribution in [-0.2, 0) is 5.41 Å². The molecule has 274 valence electrons. The summed E-state index contributed by atoms with van der Waals surface area (Å²) in [7, 11) is 0. The first kappa shape index (κ1) is 33.9. The topological polar surface area (TPSA) is 47.9 Å². The molecule has 1 aliphatic heterocycles. The van der Waals surface area contributed by atoms with Gasteiger partial charge in [0, 0.05) is 39.6 Å². The van der Waals surface area contributed by atoms with E-state index in [0.29, 0.717) is 5.82 Å². The molecule has 3 heterocycles. The highest BCUT2D eigenvalue weighted by Crippen LogP contribution is 2.62.